The van der Waals surface area contributed by atoms with Crippen molar-refractivity contribution in [3.63, 3.8) is 0 Å². The third-order valence-electron chi connectivity index (χ3n) is 2.56. The van der Waals surface area contributed by atoms with E-state index in [1.807, 2.05) is 6.92 Å². The molecule has 94 valence electrons. The first-order valence-electron chi connectivity index (χ1n) is 5.58. The summed E-state index contributed by atoms with van der Waals surface area (Å²) in [5.74, 6) is -0.367. The molecule has 0 aliphatic rings. The van der Waals surface area contributed by atoms with Gasteiger partial charge in [-0.1, -0.05) is 0 Å². The Morgan fingerprint density at radius 1 is 1.44 bits per heavy atom. The van der Waals surface area contributed by atoms with E-state index < -0.39 is 5.97 Å². The van der Waals surface area contributed by atoms with Crippen LogP contribution in [0, 0.1) is 6.92 Å². The number of hydrogen-bond acceptors (Lipinski definition) is 4. The number of carboxylic acid groups (broad SMARTS) is 1. The van der Waals surface area contributed by atoms with E-state index in [0.717, 1.165) is 0 Å². The van der Waals surface area contributed by atoms with E-state index in [4.69, 9.17) is 5.11 Å². The molecule has 2 rings (SSSR count). The van der Waals surface area contributed by atoms with Crippen molar-refractivity contribution in [1.82, 2.24) is 4.98 Å². The first-order chi connectivity index (χ1) is 8.56. The SMILES string of the molecule is Cc1ccc(C(C)Nc2cc(C(=O)O)ccn2)s1. The van der Waals surface area contributed by atoms with Crippen LogP contribution in [0.4, 0.5) is 5.82 Å². The molecule has 0 saturated heterocycles. The number of nitrogens with one attached hydrogen (secondary N) is 1. The van der Waals surface area contributed by atoms with Crippen LogP contribution < -0.4 is 5.32 Å². The molecule has 0 radical (unpaired) electrons. The zero-order valence-electron chi connectivity index (χ0n) is 10.2. The molecule has 2 aromatic rings. The molecule has 0 spiro atoms. The topological polar surface area (TPSA) is 62.2 Å². The van der Waals surface area contributed by atoms with Gasteiger partial charge in [0.15, 0.2) is 0 Å². The van der Waals surface area contributed by atoms with Gasteiger partial charge in [0.25, 0.3) is 0 Å². The van der Waals surface area contributed by atoms with Crippen LogP contribution in [0.15, 0.2) is 30.5 Å². The summed E-state index contributed by atoms with van der Waals surface area (Å²) >= 11 is 1.72. The van der Waals surface area contributed by atoms with E-state index in [1.165, 1.54) is 22.0 Å². The van der Waals surface area contributed by atoms with Gasteiger partial charge in [-0.25, -0.2) is 9.78 Å². The van der Waals surface area contributed by atoms with Crippen molar-refractivity contribution in [3.8, 4) is 0 Å². The Kier molecular flexibility index (Phi) is 3.62. The maximum Gasteiger partial charge on any atom is 0.335 e. The number of rotatable bonds is 4. The summed E-state index contributed by atoms with van der Waals surface area (Å²) in [4.78, 5) is 17.4. The van der Waals surface area contributed by atoms with Crippen LogP contribution in [0.5, 0.6) is 0 Å². The first-order valence-corrected chi connectivity index (χ1v) is 6.40. The highest BCUT2D eigenvalue weighted by molar-refractivity contribution is 7.12. The van der Waals surface area contributed by atoms with Crippen molar-refractivity contribution >= 4 is 23.1 Å². The summed E-state index contributed by atoms with van der Waals surface area (Å²) in [6, 6.07) is 7.27. The van der Waals surface area contributed by atoms with E-state index in [1.54, 1.807) is 17.4 Å². The normalized spacial score (nSPS) is 12.1. The smallest absolute Gasteiger partial charge is 0.335 e. The molecule has 2 aromatic heterocycles. The molecule has 2 heterocycles. The number of carbonyl (C=O) groups is 1. The number of pyridine rings is 1. The molecule has 0 fully saturated rings. The molecule has 0 aliphatic heterocycles. The minimum Gasteiger partial charge on any atom is -0.478 e. The largest absolute Gasteiger partial charge is 0.478 e. The van der Waals surface area contributed by atoms with Crippen LogP contribution in [0.1, 0.15) is 33.1 Å². The number of aryl methyl sites for hydroxylation is 1. The Hall–Kier alpha value is -1.88. The van der Waals surface area contributed by atoms with Gasteiger partial charge in [-0.15, -0.1) is 11.3 Å². The average molecular weight is 262 g/mol. The molecule has 18 heavy (non-hydrogen) atoms. The lowest BCUT2D eigenvalue weighted by atomic mass is 10.2. The minimum atomic E-state index is -0.944. The molecular formula is C13H14N2O2S. The number of carboxylic acids is 1. The predicted molar refractivity (Wildman–Crippen MR) is 72.3 cm³/mol. The molecule has 0 aliphatic carbocycles. The number of aromatic nitrogens is 1. The summed E-state index contributed by atoms with van der Waals surface area (Å²) in [6.45, 7) is 4.09. The highest BCUT2D eigenvalue weighted by atomic mass is 32.1. The van der Waals surface area contributed by atoms with Crippen LogP contribution in [0.2, 0.25) is 0 Å². The van der Waals surface area contributed by atoms with Crippen molar-refractivity contribution in [2.75, 3.05) is 5.32 Å². The lowest BCUT2D eigenvalue weighted by molar-refractivity contribution is 0.0697. The van der Waals surface area contributed by atoms with Crippen molar-refractivity contribution in [1.29, 1.82) is 0 Å². The van der Waals surface area contributed by atoms with Gasteiger partial charge in [0, 0.05) is 16.0 Å². The Morgan fingerprint density at radius 3 is 2.83 bits per heavy atom. The molecule has 0 bridgehead atoms. The standard InChI is InChI=1S/C13H14N2O2S/c1-8-3-4-11(18-8)9(2)15-12-7-10(13(16)17)5-6-14-12/h3-7,9H,1-2H3,(H,14,15)(H,16,17). The fourth-order valence-corrected chi connectivity index (χ4v) is 2.50. The Labute approximate surface area is 109 Å². The third kappa shape index (κ3) is 2.87. The van der Waals surface area contributed by atoms with Crippen molar-refractivity contribution < 1.29 is 9.90 Å². The zero-order chi connectivity index (χ0) is 13.1. The predicted octanol–water partition coefficient (Wildman–Crippen LogP) is 3.32. The van der Waals surface area contributed by atoms with Crippen molar-refractivity contribution in [3.05, 3.63) is 45.8 Å². The third-order valence-corrected chi connectivity index (χ3v) is 3.74. The van der Waals surface area contributed by atoms with Gasteiger partial charge >= 0.3 is 5.97 Å². The molecule has 1 unspecified atom stereocenters. The highest BCUT2D eigenvalue weighted by Gasteiger charge is 2.10. The van der Waals surface area contributed by atoms with Crippen LogP contribution in [0.25, 0.3) is 0 Å². The lowest BCUT2D eigenvalue weighted by Gasteiger charge is -2.12. The molecule has 0 amide bonds. The fourth-order valence-electron chi connectivity index (χ4n) is 1.62. The van der Waals surface area contributed by atoms with Crippen molar-refractivity contribution in [2.45, 2.75) is 19.9 Å². The van der Waals surface area contributed by atoms with Crippen molar-refractivity contribution in [2.24, 2.45) is 0 Å². The maximum absolute atomic E-state index is 10.9. The second-order valence-electron chi connectivity index (χ2n) is 4.05. The summed E-state index contributed by atoms with van der Waals surface area (Å²) < 4.78 is 0. The average Bonchev–Trinajstić information content (AvgIpc) is 2.76. The zero-order valence-corrected chi connectivity index (χ0v) is 11.0. The Balaban J connectivity index is 2.14. The van der Waals surface area contributed by atoms with Gasteiger partial charge in [0.1, 0.15) is 5.82 Å². The Morgan fingerprint density at radius 2 is 2.22 bits per heavy atom. The summed E-state index contributed by atoms with van der Waals surface area (Å²) in [5.41, 5.74) is 0.238. The van der Waals surface area contributed by atoms with E-state index in [0.29, 0.717) is 5.82 Å². The van der Waals surface area contributed by atoms with E-state index >= 15 is 0 Å². The van der Waals surface area contributed by atoms with Crippen LogP contribution in [-0.4, -0.2) is 16.1 Å². The summed E-state index contributed by atoms with van der Waals surface area (Å²) in [6.07, 6.45) is 1.50. The molecule has 5 heteroatoms. The van der Waals surface area contributed by atoms with Crippen LogP contribution >= 0.6 is 11.3 Å². The van der Waals surface area contributed by atoms with E-state index in [2.05, 4.69) is 29.4 Å². The van der Waals surface area contributed by atoms with Gasteiger partial charge in [-0.2, -0.15) is 0 Å². The second-order valence-corrected chi connectivity index (χ2v) is 5.37. The minimum absolute atomic E-state index is 0.111. The van der Waals surface area contributed by atoms with E-state index in [-0.39, 0.29) is 11.6 Å². The van der Waals surface area contributed by atoms with Gasteiger partial charge < -0.3 is 10.4 Å². The number of hydrogen-bond donors (Lipinski definition) is 2. The number of thiophene rings is 1. The number of aromatic carboxylic acids is 1. The van der Waals surface area contributed by atoms with Crippen LogP contribution in [0.3, 0.4) is 0 Å². The van der Waals surface area contributed by atoms with Gasteiger partial charge in [-0.3, -0.25) is 0 Å². The van der Waals surface area contributed by atoms with Crippen LogP contribution in [-0.2, 0) is 0 Å². The quantitative estimate of drug-likeness (QED) is 0.887. The molecule has 1 atom stereocenters. The first kappa shape index (κ1) is 12.6. The Bertz CT molecular complexity index is 566. The van der Waals surface area contributed by atoms with Gasteiger partial charge in [-0.05, 0) is 38.1 Å². The second kappa shape index (κ2) is 5.18. The lowest BCUT2D eigenvalue weighted by Crippen LogP contribution is -2.07. The van der Waals surface area contributed by atoms with E-state index in [9.17, 15) is 4.79 Å². The highest BCUT2D eigenvalue weighted by Crippen LogP contribution is 2.25. The van der Waals surface area contributed by atoms with Gasteiger partial charge in [0.05, 0.1) is 11.6 Å². The van der Waals surface area contributed by atoms with Gasteiger partial charge in [0.2, 0.25) is 0 Å². The monoisotopic (exact) mass is 262 g/mol. The molecule has 4 nitrogen and oxygen atoms in total. The fraction of sp³-hybridized carbons (Fsp3) is 0.231. The number of anilines is 1. The number of nitrogens with zero attached hydrogens (tertiary/aromatic N) is 1. The summed E-state index contributed by atoms with van der Waals surface area (Å²) in [5, 5.41) is 12.1. The molecular weight excluding hydrogens is 248 g/mol. The molecule has 0 saturated carbocycles. The molecule has 2 N–H and O–H groups in total. The maximum atomic E-state index is 10.9. The summed E-state index contributed by atoms with van der Waals surface area (Å²) in [7, 11) is 0. The molecule has 0 aromatic carbocycles.